The van der Waals surface area contributed by atoms with Gasteiger partial charge in [-0.05, 0) is 62.4 Å². The van der Waals surface area contributed by atoms with Crippen molar-refractivity contribution >= 4 is 23.2 Å². The first kappa shape index (κ1) is 18.5. The number of nitrogens with zero attached hydrogens (tertiary/aromatic N) is 1. The van der Waals surface area contributed by atoms with Crippen molar-refractivity contribution < 1.29 is 14.3 Å². The Labute approximate surface area is 158 Å². The fourth-order valence-corrected chi connectivity index (χ4v) is 3.00. The van der Waals surface area contributed by atoms with Crippen LogP contribution in [0.4, 0.5) is 5.69 Å². The number of halogens is 1. The minimum Gasteiger partial charge on any atom is -0.490 e. The molecule has 0 aliphatic carbocycles. The molecule has 2 aromatic carbocycles. The Bertz CT molecular complexity index is 728. The number of benzene rings is 2. The minimum absolute atomic E-state index is 0.0752. The van der Waals surface area contributed by atoms with E-state index in [4.69, 9.17) is 21.1 Å². The number of anilines is 1. The maximum Gasteiger partial charge on any atom is 0.262 e. The Morgan fingerprint density at radius 2 is 1.88 bits per heavy atom. The van der Waals surface area contributed by atoms with Gasteiger partial charge in [0.25, 0.3) is 5.91 Å². The Morgan fingerprint density at radius 3 is 2.58 bits per heavy atom. The van der Waals surface area contributed by atoms with E-state index in [1.54, 1.807) is 24.3 Å². The van der Waals surface area contributed by atoms with Crippen molar-refractivity contribution in [3.63, 3.8) is 0 Å². The van der Waals surface area contributed by atoms with Crippen LogP contribution in [0.25, 0.3) is 0 Å². The second-order valence-corrected chi connectivity index (χ2v) is 6.88. The van der Waals surface area contributed by atoms with Crippen LogP contribution in [0.2, 0.25) is 5.02 Å². The SMILES string of the molecule is CN1CCC(Oc2ccc(NC(=O)COc3cccc(Cl)c3)cc2)CC1. The molecule has 6 heteroatoms. The van der Waals surface area contributed by atoms with Gasteiger partial charge in [0.05, 0.1) is 0 Å². The molecule has 3 rings (SSSR count). The normalized spacial score (nSPS) is 15.5. The number of carbonyl (C=O) groups excluding carboxylic acids is 1. The van der Waals surface area contributed by atoms with Crippen molar-refractivity contribution in [2.45, 2.75) is 18.9 Å². The van der Waals surface area contributed by atoms with E-state index in [9.17, 15) is 4.79 Å². The third kappa shape index (κ3) is 5.64. The zero-order valence-corrected chi connectivity index (χ0v) is 15.5. The molecule has 1 aliphatic rings. The molecule has 1 heterocycles. The van der Waals surface area contributed by atoms with Gasteiger partial charge >= 0.3 is 0 Å². The van der Waals surface area contributed by atoms with Crippen molar-refractivity contribution in [3.05, 3.63) is 53.6 Å². The van der Waals surface area contributed by atoms with Gasteiger partial charge in [-0.2, -0.15) is 0 Å². The molecule has 2 aromatic rings. The molecule has 0 atom stereocenters. The topological polar surface area (TPSA) is 50.8 Å². The number of amides is 1. The fourth-order valence-electron chi connectivity index (χ4n) is 2.81. The second kappa shape index (κ2) is 8.92. The lowest BCUT2D eigenvalue weighted by Crippen LogP contribution is -2.35. The summed E-state index contributed by atoms with van der Waals surface area (Å²) in [7, 11) is 2.13. The Hall–Kier alpha value is -2.24. The predicted molar refractivity (Wildman–Crippen MR) is 103 cm³/mol. The van der Waals surface area contributed by atoms with Crippen molar-refractivity contribution in [2.75, 3.05) is 32.1 Å². The van der Waals surface area contributed by atoms with Crippen molar-refractivity contribution in [2.24, 2.45) is 0 Å². The third-order valence-electron chi connectivity index (χ3n) is 4.27. The number of likely N-dealkylation sites (tertiary alicyclic amines) is 1. The van der Waals surface area contributed by atoms with Gasteiger partial charge in [0, 0.05) is 23.8 Å². The summed E-state index contributed by atoms with van der Waals surface area (Å²) in [5, 5.41) is 3.38. The standard InChI is InChI=1S/C20H23ClN2O3/c1-23-11-9-18(10-12-23)26-17-7-5-16(6-8-17)22-20(24)14-25-19-4-2-3-15(21)13-19/h2-8,13,18H,9-12,14H2,1H3,(H,22,24). The number of carbonyl (C=O) groups is 1. The number of rotatable bonds is 6. The number of piperidine rings is 1. The van der Waals surface area contributed by atoms with Crippen LogP contribution in [0.5, 0.6) is 11.5 Å². The number of hydrogen-bond donors (Lipinski definition) is 1. The van der Waals surface area contributed by atoms with Gasteiger partial charge in [0.1, 0.15) is 17.6 Å². The summed E-state index contributed by atoms with van der Waals surface area (Å²) >= 11 is 5.89. The van der Waals surface area contributed by atoms with Crippen molar-refractivity contribution in [3.8, 4) is 11.5 Å². The molecule has 0 radical (unpaired) electrons. The maximum atomic E-state index is 12.0. The maximum absolute atomic E-state index is 12.0. The average molecular weight is 375 g/mol. The molecule has 26 heavy (non-hydrogen) atoms. The van der Waals surface area contributed by atoms with E-state index in [1.165, 1.54) is 0 Å². The van der Waals surface area contributed by atoms with Crippen LogP contribution >= 0.6 is 11.6 Å². The van der Waals surface area contributed by atoms with Crippen molar-refractivity contribution in [1.29, 1.82) is 0 Å². The Kier molecular flexibility index (Phi) is 6.36. The van der Waals surface area contributed by atoms with Crippen molar-refractivity contribution in [1.82, 2.24) is 4.90 Å². The lowest BCUT2D eigenvalue weighted by molar-refractivity contribution is -0.118. The third-order valence-corrected chi connectivity index (χ3v) is 4.51. The van der Waals surface area contributed by atoms with Crippen LogP contribution < -0.4 is 14.8 Å². The van der Waals surface area contributed by atoms with E-state index in [1.807, 2.05) is 24.3 Å². The summed E-state index contributed by atoms with van der Waals surface area (Å²) in [5.41, 5.74) is 0.709. The van der Waals surface area contributed by atoms with Crippen LogP contribution in [0.3, 0.4) is 0 Å². The number of hydrogen-bond acceptors (Lipinski definition) is 4. The Balaban J connectivity index is 1.45. The van der Waals surface area contributed by atoms with E-state index in [0.717, 1.165) is 31.7 Å². The summed E-state index contributed by atoms with van der Waals surface area (Å²) in [4.78, 5) is 14.3. The molecule has 1 saturated heterocycles. The average Bonchev–Trinajstić information content (AvgIpc) is 2.64. The first-order valence-electron chi connectivity index (χ1n) is 8.72. The fraction of sp³-hybridized carbons (Fsp3) is 0.350. The molecule has 138 valence electrons. The van der Waals surface area contributed by atoms with E-state index < -0.39 is 0 Å². The predicted octanol–water partition coefficient (Wildman–Crippen LogP) is 3.83. The summed E-state index contributed by atoms with van der Waals surface area (Å²) < 4.78 is 11.4. The van der Waals surface area contributed by atoms with Crippen LogP contribution in [-0.2, 0) is 4.79 Å². The molecule has 0 spiro atoms. The quantitative estimate of drug-likeness (QED) is 0.834. The molecular formula is C20H23ClN2O3. The lowest BCUT2D eigenvalue weighted by Gasteiger charge is -2.29. The largest absolute Gasteiger partial charge is 0.490 e. The smallest absolute Gasteiger partial charge is 0.262 e. The summed E-state index contributed by atoms with van der Waals surface area (Å²) in [6.45, 7) is 2.05. The van der Waals surface area contributed by atoms with Gasteiger partial charge in [0.2, 0.25) is 0 Å². The lowest BCUT2D eigenvalue weighted by atomic mass is 10.1. The monoisotopic (exact) mass is 374 g/mol. The van der Waals surface area contributed by atoms with Gasteiger partial charge in [-0.1, -0.05) is 17.7 Å². The first-order chi connectivity index (χ1) is 12.6. The molecule has 0 bridgehead atoms. The van der Waals surface area contributed by atoms with E-state index in [-0.39, 0.29) is 18.6 Å². The molecule has 1 fully saturated rings. The highest BCUT2D eigenvalue weighted by atomic mass is 35.5. The first-order valence-corrected chi connectivity index (χ1v) is 9.10. The Morgan fingerprint density at radius 1 is 1.15 bits per heavy atom. The zero-order valence-electron chi connectivity index (χ0n) is 14.8. The summed E-state index contributed by atoms with van der Waals surface area (Å²) in [6.07, 6.45) is 2.34. The summed E-state index contributed by atoms with van der Waals surface area (Å²) in [6, 6.07) is 14.4. The van der Waals surface area contributed by atoms with Gasteiger partial charge in [-0.25, -0.2) is 0 Å². The van der Waals surface area contributed by atoms with Crippen LogP contribution in [0.1, 0.15) is 12.8 Å². The van der Waals surface area contributed by atoms with E-state index in [0.29, 0.717) is 16.5 Å². The molecule has 5 nitrogen and oxygen atoms in total. The summed E-state index contributed by atoms with van der Waals surface area (Å²) in [5.74, 6) is 1.16. The second-order valence-electron chi connectivity index (χ2n) is 6.44. The number of ether oxygens (including phenoxy) is 2. The van der Waals surface area contributed by atoms with E-state index in [2.05, 4.69) is 17.3 Å². The zero-order chi connectivity index (χ0) is 18.4. The number of nitrogens with one attached hydrogen (secondary N) is 1. The van der Waals surface area contributed by atoms with Crippen LogP contribution in [0.15, 0.2) is 48.5 Å². The molecule has 0 aromatic heterocycles. The molecule has 1 amide bonds. The molecule has 1 N–H and O–H groups in total. The van der Waals surface area contributed by atoms with Gasteiger partial charge in [0.15, 0.2) is 6.61 Å². The van der Waals surface area contributed by atoms with Gasteiger partial charge < -0.3 is 19.7 Å². The molecule has 0 saturated carbocycles. The molecular weight excluding hydrogens is 352 g/mol. The van der Waals surface area contributed by atoms with E-state index >= 15 is 0 Å². The van der Waals surface area contributed by atoms with Crippen LogP contribution in [-0.4, -0.2) is 43.7 Å². The highest BCUT2D eigenvalue weighted by molar-refractivity contribution is 6.30. The highest BCUT2D eigenvalue weighted by Crippen LogP contribution is 2.21. The molecule has 1 aliphatic heterocycles. The van der Waals surface area contributed by atoms with Crippen LogP contribution in [0, 0.1) is 0 Å². The van der Waals surface area contributed by atoms with Gasteiger partial charge in [-0.3, -0.25) is 4.79 Å². The highest BCUT2D eigenvalue weighted by Gasteiger charge is 2.17. The molecule has 0 unspecified atom stereocenters. The van der Waals surface area contributed by atoms with Gasteiger partial charge in [-0.15, -0.1) is 0 Å². The minimum atomic E-state index is -0.228.